The SMILES string of the molecule is CC(=NNC(N)=S)c1c(O)c2ccccc2n(-c2ccccc2)c1=O. The van der Waals surface area contributed by atoms with Crippen LogP contribution in [-0.2, 0) is 0 Å². The van der Waals surface area contributed by atoms with Gasteiger partial charge in [0.15, 0.2) is 5.11 Å². The van der Waals surface area contributed by atoms with Crippen LogP contribution in [0.5, 0.6) is 5.75 Å². The van der Waals surface area contributed by atoms with Gasteiger partial charge in [-0.05, 0) is 43.4 Å². The first-order chi connectivity index (χ1) is 12.0. The Balaban J connectivity index is 2.38. The van der Waals surface area contributed by atoms with Crippen molar-refractivity contribution in [2.75, 3.05) is 0 Å². The van der Waals surface area contributed by atoms with Crippen LogP contribution >= 0.6 is 12.2 Å². The van der Waals surface area contributed by atoms with E-state index in [1.54, 1.807) is 29.7 Å². The summed E-state index contributed by atoms with van der Waals surface area (Å²) < 4.78 is 1.55. The normalized spacial score (nSPS) is 11.5. The Hall–Kier alpha value is -3.19. The van der Waals surface area contributed by atoms with Crippen molar-refractivity contribution in [2.24, 2.45) is 10.8 Å². The number of aromatic hydroxyl groups is 1. The minimum Gasteiger partial charge on any atom is -0.506 e. The molecule has 0 bridgehead atoms. The molecule has 0 spiro atoms. The van der Waals surface area contributed by atoms with Crippen LogP contribution in [0.15, 0.2) is 64.5 Å². The maximum Gasteiger partial charge on any atom is 0.268 e. The predicted molar refractivity (Wildman–Crippen MR) is 103 cm³/mol. The van der Waals surface area contributed by atoms with Crippen molar-refractivity contribution in [2.45, 2.75) is 6.92 Å². The van der Waals surface area contributed by atoms with E-state index in [0.29, 0.717) is 16.6 Å². The topological polar surface area (TPSA) is 92.6 Å². The fourth-order valence-electron chi connectivity index (χ4n) is 2.68. The predicted octanol–water partition coefficient (Wildman–Crippen LogP) is 2.25. The van der Waals surface area contributed by atoms with Gasteiger partial charge in [-0.1, -0.05) is 30.3 Å². The van der Waals surface area contributed by atoms with E-state index in [4.69, 9.17) is 18.0 Å². The van der Waals surface area contributed by atoms with E-state index in [-0.39, 0.29) is 27.7 Å². The van der Waals surface area contributed by atoms with E-state index >= 15 is 0 Å². The fourth-order valence-corrected chi connectivity index (χ4v) is 2.73. The first-order valence-electron chi connectivity index (χ1n) is 7.53. The average molecular weight is 352 g/mol. The molecule has 6 nitrogen and oxygen atoms in total. The van der Waals surface area contributed by atoms with Crippen LogP contribution in [0.3, 0.4) is 0 Å². The van der Waals surface area contributed by atoms with Gasteiger partial charge in [0.05, 0.1) is 11.2 Å². The number of aromatic nitrogens is 1. The summed E-state index contributed by atoms with van der Waals surface area (Å²) in [6.45, 7) is 1.60. The maximum atomic E-state index is 13.1. The standard InChI is InChI=1S/C18H16N4O2S/c1-11(20-21-18(19)25)15-16(23)13-9-5-6-10-14(13)22(17(15)24)12-7-3-2-4-8-12/h2-10,23H,1H3,(H3,19,21,25). The second-order valence-corrected chi connectivity index (χ2v) is 5.83. The van der Waals surface area contributed by atoms with Crippen LogP contribution in [0.2, 0.25) is 0 Å². The summed E-state index contributed by atoms with van der Waals surface area (Å²) in [5.74, 6) is -0.126. The number of fused-ring (bicyclic) bond motifs is 1. The summed E-state index contributed by atoms with van der Waals surface area (Å²) in [4.78, 5) is 13.1. The van der Waals surface area contributed by atoms with Gasteiger partial charge in [0, 0.05) is 11.1 Å². The summed E-state index contributed by atoms with van der Waals surface area (Å²) in [5.41, 5.74) is 9.11. The Kier molecular flexibility index (Phi) is 4.49. The first kappa shape index (κ1) is 16.7. The Bertz CT molecular complexity index is 1040. The Morgan fingerprint density at radius 2 is 1.80 bits per heavy atom. The summed E-state index contributed by atoms with van der Waals surface area (Å²) in [6.07, 6.45) is 0. The highest BCUT2D eigenvalue weighted by atomic mass is 32.1. The molecule has 0 radical (unpaired) electrons. The van der Waals surface area contributed by atoms with Crippen molar-refractivity contribution in [3.63, 3.8) is 0 Å². The third-order valence-corrected chi connectivity index (χ3v) is 3.86. The van der Waals surface area contributed by atoms with Crippen molar-refractivity contribution in [3.05, 3.63) is 70.5 Å². The quantitative estimate of drug-likeness (QED) is 0.382. The lowest BCUT2D eigenvalue weighted by atomic mass is 10.1. The maximum absolute atomic E-state index is 13.1. The van der Waals surface area contributed by atoms with Crippen molar-refractivity contribution in [1.29, 1.82) is 0 Å². The molecular weight excluding hydrogens is 336 g/mol. The number of pyridine rings is 1. The monoisotopic (exact) mass is 352 g/mol. The lowest BCUT2D eigenvalue weighted by Gasteiger charge is -2.15. The molecule has 4 N–H and O–H groups in total. The minimum absolute atomic E-state index is 0.0250. The Morgan fingerprint density at radius 1 is 1.16 bits per heavy atom. The molecule has 0 unspecified atom stereocenters. The van der Waals surface area contributed by atoms with Gasteiger partial charge in [0.1, 0.15) is 11.3 Å². The van der Waals surface area contributed by atoms with Crippen molar-refractivity contribution in [3.8, 4) is 11.4 Å². The van der Waals surface area contributed by atoms with Crippen LogP contribution in [0.4, 0.5) is 0 Å². The highest BCUT2D eigenvalue weighted by molar-refractivity contribution is 7.80. The first-order valence-corrected chi connectivity index (χ1v) is 7.93. The number of hydrazone groups is 1. The molecule has 1 aromatic heterocycles. The Morgan fingerprint density at radius 3 is 2.48 bits per heavy atom. The largest absolute Gasteiger partial charge is 0.506 e. The lowest BCUT2D eigenvalue weighted by Crippen LogP contribution is -2.29. The molecule has 0 fully saturated rings. The number of hydrogen-bond acceptors (Lipinski definition) is 4. The zero-order valence-electron chi connectivity index (χ0n) is 13.4. The lowest BCUT2D eigenvalue weighted by molar-refractivity contribution is 0.478. The summed E-state index contributed by atoms with van der Waals surface area (Å²) in [5, 5.41) is 15.2. The van der Waals surface area contributed by atoms with Gasteiger partial charge in [-0.2, -0.15) is 5.10 Å². The molecule has 0 saturated carbocycles. The molecule has 126 valence electrons. The molecule has 0 saturated heterocycles. The summed E-state index contributed by atoms with van der Waals surface area (Å²) >= 11 is 4.72. The zero-order chi connectivity index (χ0) is 18.0. The highest BCUT2D eigenvalue weighted by Gasteiger charge is 2.19. The molecule has 0 atom stereocenters. The van der Waals surface area contributed by atoms with Gasteiger partial charge in [-0.25, -0.2) is 0 Å². The number of para-hydroxylation sites is 2. The van der Waals surface area contributed by atoms with Gasteiger partial charge in [-0.15, -0.1) is 0 Å². The average Bonchev–Trinajstić information content (AvgIpc) is 2.61. The molecule has 25 heavy (non-hydrogen) atoms. The van der Waals surface area contributed by atoms with Gasteiger partial charge in [-0.3, -0.25) is 14.8 Å². The van der Waals surface area contributed by atoms with Crippen molar-refractivity contribution < 1.29 is 5.11 Å². The van der Waals surface area contributed by atoms with Gasteiger partial charge >= 0.3 is 0 Å². The van der Waals surface area contributed by atoms with Crippen molar-refractivity contribution in [1.82, 2.24) is 9.99 Å². The van der Waals surface area contributed by atoms with Crippen LogP contribution in [0.25, 0.3) is 16.6 Å². The molecule has 7 heteroatoms. The number of thiocarbonyl (C=S) groups is 1. The van der Waals surface area contributed by atoms with E-state index in [9.17, 15) is 9.90 Å². The fraction of sp³-hybridized carbons (Fsp3) is 0.0556. The molecule has 0 aliphatic heterocycles. The van der Waals surface area contributed by atoms with Crippen LogP contribution < -0.4 is 16.7 Å². The zero-order valence-corrected chi connectivity index (χ0v) is 14.2. The Labute approximate surface area is 149 Å². The van der Waals surface area contributed by atoms with Crippen LogP contribution in [0.1, 0.15) is 12.5 Å². The van der Waals surface area contributed by atoms with E-state index < -0.39 is 0 Å². The molecule has 0 aliphatic rings. The van der Waals surface area contributed by atoms with Gasteiger partial charge in [0.2, 0.25) is 0 Å². The van der Waals surface area contributed by atoms with Gasteiger partial charge in [0.25, 0.3) is 5.56 Å². The molecule has 1 heterocycles. The molecule has 0 amide bonds. The smallest absolute Gasteiger partial charge is 0.268 e. The van der Waals surface area contributed by atoms with Crippen LogP contribution in [0, 0.1) is 0 Å². The number of rotatable bonds is 3. The third-order valence-electron chi connectivity index (χ3n) is 3.76. The van der Waals surface area contributed by atoms with E-state index in [2.05, 4.69) is 10.5 Å². The second kappa shape index (κ2) is 6.74. The highest BCUT2D eigenvalue weighted by Crippen LogP contribution is 2.28. The van der Waals surface area contributed by atoms with E-state index in [1.165, 1.54) is 0 Å². The number of nitrogens with two attached hydrogens (primary N) is 1. The second-order valence-electron chi connectivity index (χ2n) is 5.39. The third kappa shape index (κ3) is 3.09. The molecule has 2 aromatic carbocycles. The van der Waals surface area contributed by atoms with Gasteiger partial charge < -0.3 is 10.8 Å². The number of nitrogens with zero attached hydrogens (tertiary/aromatic N) is 2. The number of benzene rings is 2. The minimum atomic E-state index is -0.381. The number of hydrogen-bond donors (Lipinski definition) is 3. The molecule has 3 aromatic rings. The van der Waals surface area contributed by atoms with E-state index in [1.807, 2.05) is 36.4 Å². The summed E-state index contributed by atoms with van der Waals surface area (Å²) in [6, 6.07) is 16.4. The molecule has 0 aliphatic carbocycles. The van der Waals surface area contributed by atoms with Crippen molar-refractivity contribution >= 4 is 33.9 Å². The van der Waals surface area contributed by atoms with E-state index in [0.717, 1.165) is 0 Å². The van der Waals surface area contributed by atoms with Crippen LogP contribution in [-0.4, -0.2) is 20.5 Å². The molecule has 3 rings (SSSR count). The molecular formula is C18H16N4O2S. The summed E-state index contributed by atoms with van der Waals surface area (Å²) in [7, 11) is 0. The number of nitrogens with one attached hydrogen (secondary N) is 1.